The van der Waals surface area contributed by atoms with Gasteiger partial charge in [-0.15, -0.1) is 11.3 Å². The second kappa shape index (κ2) is 10.0. The summed E-state index contributed by atoms with van der Waals surface area (Å²) in [4.78, 5) is 28.6. The standard InChI is InChI=1S/C21H26ClN3O2S/c1-15-6-7-19(28-15)21(27)24-17-8-11-25(12-9-17)13-10-20(26)23-14-16-4-2-3-5-18(16)22/h2-7,17H,8-14H2,1H3,(H,23,26)(H,24,27). The molecule has 0 atom stereocenters. The van der Waals surface area contributed by atoms with Crippen LogP contribution in [-0.4, -0.2) is 42.4 Å². The van der Waals surface area contributed by atoms with Crippen molar-refractivity contribution in [2.75, 3.05) is 19.6 Å². The first-order valence-corrected chi connectivity index (χ1v) is 10.8. The first-order chi connectivity index (χ1) is 13.5. The first-order valence-electron chi connectivity index (χ1n) is 9.61. The summed E-state index contributed by atoms with van der Waals surface area (Å²) in [7, 11) is 0. The van der Waals surface area contributed by atoms with E-state index in [2.05, 4.69) is 15.5 Å². The molecule has 0 bridgehead atoms. The molecule has 1 aliphatic rings. The molecule has 1 fully saturated rings. The van der Waals surface area contributed by atoms with Gasteiger partial charge in [-0.25, -0.2) is 0 Å². The molecule has 5 nitrogen and oxygen atoms in total. The van der Waals surface area contributed by atoms with E-state index in [4.69, 9.17) is 11.6 Å². The van der Waals surface area contributed by atoms with Gasteiger partial charge in [0.05, 0.1) is 4.88 Å². The Hall–Kier alpha value is -1.89. The molecule has 1 aromatic heterocycles. The molecule has 150 valence electrons. The molecule has 1 aliphatic heterocycles. The number of carbonyl (C=O) groups is 2. The zero-order valence-electron chi connectivity index (χ0n) is 16.0. The molecule has 0 radical (unpaired) electrons. The molecular formula is C21H26ClN3O2S. The topological polar surface area (TPSA) is 61.4 Å². The van der Waals surface area contributed by atoms with Crippen molar-refractivity contribution in [3.05, 3.63) is 56.7 Å². The number of hydrogen-bond donors (Lipinski definition) is 2. The van der Waals surface area contributed by atoms with Gasteiger partial charge < -0.3 is 15.5 Å². The molecule has 1 saturated heterocycles. The third-order valence-corrected chi connectivity index (χ3v) is 6.34. The normalized spacial score (nSPS) is 15.4. The number of hydrogen-bond acceptors (Lipinski definition) is 4. The predicted octanol–water partition coefficient (Wildman–Crippen LogP) is 3.61. The van der Waals surface area contributed by atoms with Crippen LogP contribution >= 0.6 is 22.9 Å². The van der Waals surface area contributed by atoms with Crippen molar-refractivity contribution in [1.29, 1.82) is 0 Å². The van der Waals surface area contributed by atoms with Crippen molar-refractivity contribution < 1.29 is 9.59 Å². The van der Waals surface area contributed by atoms with E-state index in [1.807, 2.05) is 43.3 Å². The lowest BCUT2D eigenvalue weighted by atomic mass is 10.0. The van der Waals surface area contributed by atoms with Gasteiger partial charge in [-0.1, -0.05) is 29.8 Å². The number of aryl methyl sites for hydroxylation is 1. The maximum atomic E-state index is 12.3. The molecule has 0 unspecified atom stereocenters. The second-order valence-electron chi connectivity index (χ2n) is 7.12. The summed E-state index contributed by atoms with van der Waals surface area (Å²) in [5, 5.41) is 6.73. The molecule has 2 N–H and O–H groups in total. The lowest BCUT2D eigenvalue weighted by Gasteiger charge is -2.32. The molecule has 2 amide bonds. The highest BCUT2D eigenvalue weighted by Gasteiger charge is 2.22. The minimum absolute atomic E-state index is 0.0236. The Balaban J connectivity index is 1.33. The zero-order chi connectivity index (χ0) is 19.9. The second-order valence-corrected chi connectivity index (χ2v) is 8.81. The average Bonchev–Trinajstić information content (AvgIpc) is 3.13. The number of benzene rings is 1. The van der Waals surface area contributed by atoms with E-state index in [0.29, 0.717) is 18.0 Å². The molecule has 2 heterocycles. The van der Waals surface area contributed by atoms with Crippen LogP contribution in [-0.2, 0) is 11.3 Å². The first kappa shape index (κ1) is 20.8. The maximum absolute atomic E-state index is 12.3. The van der Waals surface area contributed by atoms with E-state index in [1.165, 1.54) is 11.3 Å². The Kier molecular flexibility index (Phi) is 7.48. The molecule has 28 heavy (non-hydrogen) atoms. The molecule has 0 spiro atoms. The highest BCUT2D eigenvalue weighted by molar-refractivity contribution is 7.13. The smallest absolute Gasteiger partial charge is 0.261 e. The van der Waals surface area contributed by atoms with Crippen LogP contribution in [0.4, 0.5) is 0 Å². The van der Waals surface area contributed by atoms with Crippen molar-refractivity contribution in [2.24, 2.45) is 0 Å². The number of thiophene rings is 1. The fourth-order valence-corrected chi connectivity index (χ4v) is 4.27. The number of piperidine rings is 1. The Morgan fingerprint density at radius 2 is 1.93 bits per heavy atom. The van der Waals surface area contributed by atoms with Gasteiger partial charge in [0.2, 0.25) is 5.91 Å². The molecule has 0 saturated carbocycles. The number of nitrogens with zero attached hydrogens (tertiary/aromatic N) is 1. The van der Waals surface area contributed by atoms with Crippen LogP contribution in [0.25, 0.3) is 0 Å². The van der Waals surface area contributed by atoms with Crippen molar-refractivity contribution >= 4 is 34.8 Å². The van der Waals surface area contributed by atoms with E-state index < -0.39 is 0 Å². The number of nitrogens with one attached hydrogen (secondary N) is 2. The minimum Gasteiger partial charge on any atom is -0.352 e. The van der Waals surface area contributed by atoms with Crippen LogP contribution in [0.15, 0.2) is 36.4 Å². The van der Waals surface area contributed by atoms with Crippen molar-refractivity contribution in [3.8, 4) is 0 Å². The predicted molar refractivity (Wildman–Crippen MR) is 114 cm³/mol. The fraction of sp³-hybridized carbons (Fsp3) is 0.429. The van der Waals surface area contributed by atoms with E-state index in [1.54, 1.807) is 0 Å². The van der Waals surface area contributed by atoms with Crippen molar-refractivity contribution in [2.45, 2.75) is 38.8 Å². The quantitative estimate of drug-likeness (QED) is 0.720. The largest absolute Gasteiger partial charge is 0.352 e. The Labute approximate surface area is 175 Å². The molecule has 3 rings (SSSR count). The summed E-state index contributed by atoms with van der Waals surface area (Å²) in [6.07, 6.45) is 2.30. The van der Waals surface area contributed by atoms with E-state index in [9.17, 15) is 9.59 Å². The van der Waals surface area contributed by atoms with Crippen LogP contribution in [0.1, 0.15) is 39.4 Å². The number of rotatable bonds is 7. The van der Waals surface area contributed by atoms with Gasteiger partial charge in [0.1, 0.15) is 0 Å². The van der Waals surface area contributed by atoms with Crippen LogP contribution < -0.4 is 10.6 Å². The van der Waals surface area contributed by atoms with Gasteiger partial charge in [-0.05, 0) is 43.5 Å². The molecule has 7 heteroatoms. The van der Waals surface area contributed by atoms with Gasteiger partial charge in [0, 0.05) is 48.5 Å². The van der Waals surface area contributed by atoms with E-state index >= 15 is 0 Å². The summed E-state index contributed by atoms with van der Waals surface area (Å²) in [5.74, 6) is 0.0545. The average molecular weight is 420 g/mol. The van der Waals surface area contributed by atoms with Gasteiger partial charge in [-0.2, -0.15) is 0 Å². The number of amides is 2. The fourth-order valence-electron chi connectivity index (χ4n) is 3.30. The zero-order valence-corrected chi connectivity index (χ0v) is 17.6. The van der Waals surface area contributed by atoms with Crippen LogP contribution in [0, 0.1) is 6.92 Å². The van der Waals surface area contributed by atoms with E-state index in [0.717, 1.165) is 47.8 Å². The SMILES string of the molecule is Cc1ccc(C(=O)NC2CCN(CCC(=O)NCc3ccccc3Cl)CC2)s1. The minimum atomic E-state index is 0.0236. The van der Waals surface area contributed by atoms with Crippen molar-refractivity contribution in [3.63, 3.8) is 0 Å². The summed E-state index contributed by atoms with van der Waals surface area (Å²) < 4.78 is 0. The molecule has 2 aromatic rings. The van der Waals surface area contributed by atoms with Gasteiger partial charge in [0.15, 0.2) is 0 Å². The van der Waals surface area contributed by atoms with E-state index in [-0.39, 0.29) is 17.9 Å². The Morgan fingerprint density at radius 3 is 2.61 bits per heavy atom. The summed E-state index contributed by atoms with van der Waals surface area (Å²) in [6, 6.07) is 11.6. The highest BCUT2D eigenvalue weighted by Crippen LogP contribution is 2.17. The van der Waals surface area contributed by atoms with Gasteiger partial charge in [-0.3, -0.25) is 9.59 Å². The van der Waals surface area contributed by atoms with Gasteiger partial charge >= 0.3 is 0 Å². The molecule has 1 aromatic carbocycles. The number of likely N-dealkylation sites (tertiary alicyclic amines) is 1. The summed E-state index contributed by atoms with van der Waals surface area (Å²) in [6.45, 7) is 4.98. The van der Waals surface area contributed by atoms with Crippen LogP contribution in [0.2, 0.25) is 5.02 Å². The molecular weight excluding hydrogens is 394 g/mol. The monoisotopic (exact) mass is 419 g/mol. The Morgan fingerprint density at radius 1 is 1.18 bits per heavy atom. The summed E-state index contributed by atoms with van der Waals surface area (Å²) in [5.41, 5.74) is 0.926. The van der Waals surface area contributed by atoms with Crippen LogP contribution in [0.5, 0.6) is 0 Å². The summed E-state index contributed by atoms with van der Waals surface area (Å²) >= 11 is 7.63. The lowest BCUT2D eigenvalue weighted by molar-refractivity contribution is -0.121. The third-order valence-electron chi connectivity index (χ3n) is 4.98. The van der Waals surface area contributed by atoms with Crippen molar-refractivity contribution in [1.82, 2.24) is 15.5 Å². The number of halogens is 1. The Bertz CT molecular complexity index is 815. The van der Waals surface area contributed by atoms with Crippen LogP contribution in [0.3, 0.4) is 0 Å². The maximum Gasteiger partial charge on any atom is 0.261 e. The lowest BCUT2D eigenvalue weighted by Crippen LogP contribution is -2.45. The third kappa shape index (κ3) is 6.06. The highest BCUT2D eigenvalue weighted by atomic mass is 35.5. The van der Waals surface area contributed by atoms with Gasteiger partial charge in [0.25, 0.3) is 5.91 Å². The molecule has 0 aliphatic carbocycles. The number of carbonyl (C=O) groups excluding carboxylic acids is 2.